The average molecular weight is 179 g/mol. The minimum atomic E-state index is -0.512. The molecule has 0 aromatic heterocycles. The number of nitrogens with one attached hydrogen (secondary N) is 2. The minimum Gasteiger partial charge on any atom is -0.450 e. The Hall–Kier alpha value is -0.770. The topological polar surface area (TPSA) is 62.2 Å². The number of hydrogen-bond donors (Lipinski definition) is 2. The van der Waals surface area contributed by atoms with E-state index in [0.717, 1.165) is 0 Å². The molecule has 11 heavy (non-hydrogen) atoms. The second-order valence-corrected chi connectivity index (χ2v) is 2.08. The molecule has 0 heterocycles. The Balaban J connectivity index is 3.38. The number of halogens is 1. The van der Waals surface area contributed by atoms with Crippen molar-refractivity contribution in [3.63, 3.8) is 0 Å². The van der Waals surface area contributed by atoms with Crippen LogP contribution in [0.25, 0.3) is 0 Å². The number of carbonyl (C=O) groups is 1. The van der Waals surface area contributed by atoms with Crippen LogP contribution in [-0.4, -0.2) is 30.8 Å². The van der Waals surface area contributed by atoms with E-state index >= 15 is 0 Å². The van der Waals surface area contributed by atoms with Crippen LogP contribution in [0.5, 0.6) is 0 Å². The summed E-state index contributed by atoms with van der Waals surface area (Å²) in [4.78, 5) is 10.6. The molecular formula is C6H11ClN2O2. The Morgan fingerprint density at radius 3 is 2.82 bits per heavy atom. The fourth-order valence-electron chi connectivity index (χ4n) is 0.408. The average Bonchev–Trinajstić information content (AvgIpc) is 2.01. The zero-order valence-corrected chi connectivity index (χ0v) is 7.07. The van der Waals surface area contributed by atoms with E-state index in [9.17, 15) is 4.79 Å². The lowest BCUT2D eigenvalue weighted by Gasteiger charge is -2.03. The van der Waals surface area contributed by atoms with Crippen LogP contribution >= 0.6 is 11.6 Å². The minimum absolute atomic E-state index is 0.131. The van der Waals surface area contributed by atoms with Gasteiger partial charge >= 0.3 is 6.09 Å². The Morgan fingerprint density at radius 2 is 2.36 bits per heavy atom. The maximum absolute atomic E-state index is 10.6. The third-order valence-corrected chi connectivity index (χ3v) is 1.21. The molecule has 1 amide bonds. The molecule has 0 saturated heterocycles. The largest absolute Gasteiger partial charge is 0.450 e. The van der Waals surface area contributed by atoms with E-state index in [-0.39, 0.29) is 18.1 Å². The monoisotopic (exact) mass is 178 g/mol. The van der Waals surface area contributed by atoms with Gasteiger partial charge in [0, 0.05) is 5.71 Å². The number of ether oxygens (including phenoxy) is 1. The van der Waals surface area contributed by atoms with Gasteiger partial charge in [0.2, 0.25) is 0 Å². The number of alkyl carbamates (subject to hydrolysis) is 1. The Labute approximate surface area is 70.4 Å². The number of alkyl halides is 1. The van der Waals surface area contributed by atoms with Crippen molar-refractivity contribution in [2.75, 3.05) is 19.0 Å². The van der Waals surface area contributed by atoms with Crippen LogP contribution in [0.2, 0.25) is 0 Å². The number of rotatable bonds is 4. The lowest BCUT2D eigenvalue weighted by atomic mass is 10.4. The molecule has 0 aliphatic carbocycles. The fourth-order valence-corrected chi connectivity index (χ4v) is 0.503. The van der Waals surface area contributed by atoms with Gasteiger partial charge < -0.3 is 15.5 Å². The van der Waals surface area contributed by atoms with Crippen molar-refractivity contribution in [3.05, 3.63) is 0 Å². The molecule has 0 atom stereocenters. The predicted molar refractivity (Wildman–Crippen MR) is 43.5 cm³/mol. The highest BCUT2D eigenvalue weighted by atomic mass is 35.5. The molecule has 0 fully saturated rings. The van der Waals surface area contributed by atoms with Crippen LogP contribution in [0.1, 0.15) is 6.92 Å². The second-order valence-electron chi connectivity index (χ2n) is 1.81. The molecule has 0 unspecified atom stereocenters. The van der Waals surface area contributed by atoms with Crippen LogP contribution in [0.4, 0.5) is 4.79 Å². The van der Waals surface area contributed by atoms with E-state index < -0.39 is 6.09 Å². The zero-order chi connectivity index (χ0) is 8.69. The van der Waals surface area contributed by atoms with Gasteiger partial charge in [0.05, 0.1) is 19.0 Å². The van der Waals surface area contributed by atoms with E-state index in [1.54, 1.807) is 6.92 Å². The van der Waals surface area contributed by atoms with Gasteiger partial charge in [-0.1, -0.05) is 0 Å². The maximum Gasteiger partial charge on any atom is 0.407 e. The molecule has 0 aromatic carbocycles. The van der Waals surface area contributed by atoms with Gasteiger partial charge in [0.15, 0.2) is 0 Å². The Kier molecular flexibility index (Phi) is 5.56. The SMILES string of the molecule is CCOC(=O)NCC(=N)CCl. The predicted octanol–water partition coefficient (Wildman–Crippen LogP) is 0.991. The summed E-state index contributed by atoms with van der Waals surface area (Å²) in [6.07, 6.45) is -0.512. The first-order valence-electron chi connectivity index (χ1n) is 3.23. The lowest BCUT2D eigenvalue weighted by molar-refractivity contribution is 0.153. The first-order valence-corrected chi connectivity index (χ1v) is 3.77. The highest BCUT2D eigenvalue weighted by Crippen LogP contribution is 1.79. The summed E-state index contributed by atoms with van der Waals surface area (Å²) < 4.78 is 4.55. The Morgan fingerprint density at radius 1 is 1.73 bits per heavy atom. The molecule has 0 radical (unpaired) electrons. The van der Waals surface area contributed by atoms with E-state index in [1.807, 2.05) is 0 Å². The highest BCUT2D eigenvalue weighted by Gasteiger charge is 2.00. The van der Waals surface area contributed by atoms with Crippen LogP contribution in [0.3, 0.4) is 0 Å². The van der Waals surface area contributed by atoms with Gasteiger partial charge in [-0.15, -0.1) is 11.6 Å². The van der Waals surface area contributed by atoms with Gasteiger partial charge in [0.1, 0.15) is 0 Å². The summed E-state index contributed by atoms with van der Waals surface area (Å²) in [5.41, 5.74) is 0.264. The molecule has 0 spiro atoms. The Bertz CT molecular complexity index is 150. The fraction of sp³-hybridized carbons (Fsp3) is 0.667. The van der Waals surface area contributed by atoms with Crippen molar-refractivity contribution in [1.29, 1.82) is 5.41 Å². The molecule has 0 aromatic rings. The van der Waals surface area contributed by atoms with Gasteiger partial charge in [-0.2, -0.15) is 0 Å². The van der Waals surface area contributed by atoms with Gasteiger partial charge in [0.25, 0.3) is 0 Å². The zero-order valence-electron chi connectivity index (χ0n) is 6.32. The molecule has 0 aliphatic heterocycles. The van der Waals surface area contributed by atoms with E-state index in [0.29, 0.717) is 6.61 Å². The molecular weight excluding hydrogens is 168 g/mol. The third kappa shape index (κ3) is 5.66. The molecule has 64 valence electrons. The van der Waals surface area contributed by atoms with Gasteiger partial charge in [-0.05, 0) is 6.92 Å². The van der Waals surface area contributed by atoms with Gasteiger partial charge in [-0.25, -0.2) is 4.79 Å². The van der Waals surface area contributed by atoms with Crippen LogP contribution in [0.15, 0.2) is 0 Å². The second kappa shape index (κ2) is 5.97. The summed E-state index contributed by atoms with van der Waals surface area (Å²) in [6, 6.07) is 0. The normalized spacial score (nSPS) is 8.91. The van der Waals surface area contributed by atoms with Crippen molar-refractivity contribution in [2.45, 2.75) is 6.92 Å². The summed E-state index contributed by atoms with van der Waals surface area (Å²) in [6.45, 7) is 2.20. The molecule has 5 heteroatoms. The van der Waals surface area contributed by atoms with Crippen molar-refractivity contribution >= 4 is 23.4 Å². The highest BCUT2D eigenvalue weighted by molar-refractivity contribution is 6.28. The lowest BCUT2D eigenvalue weighted by Crippen LogP contribution is -2.30. The molecule has 0 bridgehead atoms. The van der Waals surface area contributed by atoms with Crippen molar-refractivity contribution in [1.82, 2.24) is 5.32 Å². The molecule has 0 rings (SSSR count). The van der Waals surface area contributed by atoms with Crippen LogP contribution in [-0.2, 0) is 4.74 Å². The van der Waals surface area contributed by atoms with E-state index in [1.165, 1.54) is 0 Å². The summed E-state index contributed by atoms with van der Waals surface area (Å²) in [5, 5.41) is 9.42. The number of carbonyl (C=O) groups excluding carboxylic acids is 1. The smallest absolute Gasteiger partial charge is 0.407 e. The van der Waals surface area contributed by atoms with Crippen molar-refractivity contribution in [2.24, 2.45) is 0 Å². The molecule has 0 aliphatic rings. The maximum atomic E-state index is 10.6. The quantitative estimate of drug-likeness (QED) is 0.498. The number of hydrogen-bond acceptors (Lipinski definition) is 3. The van der Waals surface area contributed by atoms with Crippen molar-refractivity contribution < 1.29 is 9.53 Å². The number of amides is 1. The summed E-state index contributed by atoms with van der Waals surface area (Å²) in [5.74, 6) is 0.131. The van der Waals surface area contributed by atoms with Crippen LogP contribution in [0, 0.1) is 5.41 Å². The van der Waals surface area contributed by atoms with E-state index in [2.05, 4.69) is 10.1 Å². The van der Waals surface area contributed by atoms with Crippen LogP contribution < -0.4 is 5.32 Å². The first-order chi connectivity index (χ1) is 5.20. The first kappa shape index (κ1) is 10.2. The summed E-state index contributed by atoms with van der Waals surface area (Å²) >= 11 is 5.30. The molecule has 2 N–H and O–H groups in total. The van der Waals surface area contributed by atoms with E-state index in [4.69, 9.17) is 17.0 Å². The van der Waals surface area contributed by atoms with Gasteiger partial charge in [-0.3, -0.25) is 0 Å². The third-order valence-electron chi connectivity index (χ3n) is 0.883. The molecule has 0 saturated carbocycles. The standard InChI is InChI=1S/C6H11ClN2O2/c1-2-11-6(10)9-4-5(8)3-7/h8H,2-4H2,1H3,(H,9,10). The van der Waals surface area contributed by atoms with Crippen molar-refractivity contribution in [3.8, 4) is 0 Å². The summed E-state index contributed by atoms with van der Waals surface area (Å²) in [7, 11) is 0. The molecule has 4 nitrogen and oxygen atoms in total.